The number of carbonyl (C=O) groups is 2. The van der Waals surface area contributed by atoms with Crippen LogP contribution >= 0.6 is 0 Å². The second-order valence-corrected chi connectivity index (χ2v) is 6.58. The summed E-state index contributed by atoms with van der Waals surface area (Å²) >= 11 is 0. The molecule has 0 radical (unpaired) electrons. The maximum absolute atomic E-state index is 12.4. The highest BCUT2D eigenvalue weighted by Gasteiger charge is 2.21. The fourth-order valence-electron chi connectivity index (χ4n) is 2.18. The van der Waals surface area contributed by atoms with Gasteiger partial charge in [0.1, 0.15) is 0 Å². The van der Waals surface area contributed by atoms with Crippen molar-refractivity contribution < 1.29 is 18.9 Å². The first-order chi connectivity index (χ1) is 9.97. The van der Waals surface area contributed by atoms with Gasteiger partial charge in [-0.3, -0.25) is 9.00 Å². The van der Waals surface area contributed by atoms with E-state index in [1.54, 1.807) is 23.1 Å². The van der Waals surface area contributed by atoms with Crippen molar-refractivity contribution in [2.45, 2.75) is 6.92 Å². The van der Waals surface area contributed by atoms with Crippen LogP contribution in [0.4, 0.5) is 0 Å². The number of rotatable bonds is 3. The third kappa shape index (κ3) is 4.01. The van der Waals surface area contributed by atoms with Gasteiger partial charge in [-0.25, -0.2) is 4.79 Å². The van der Waals surface area contributed by atoms with Crippen LogP contribution < -0.4 is 0 Å². The van der Waals surface area contributed by atoms with Crippen molar-refractivity contribution in [1.29, 1.82) is 0 Å². The van der Waals surface area contributed by atoms with Crippen LogP contribution in [0, 0.1) is 6.92 Å². The molecule has 0 atom stereocenters. The van der Waals surface area contributed by atoms with Crippen molar-refractivity contribution in [3.05, 3.63) is 41.0 Å². The normalized spacial score (nSPS) is 16.3. The zero-order valence-corrected chi connectivity index (χ0v) is 12.6. The van der Waals surface area contributed by atoms with Crippen LogP contribution in [0.5, 0.6) is 0 Å². The zero-order valence-electron chi connectivity index (χ0n) is 11.7. The molecule has 1 aliphatic rings. The van der Waals surface area contributed by atoms with Crippen molar-refractivity contribution >= 4 is 28.8 Å². The Morgan fingerprint density at radius 2 is 1.95 bits per heavy atom. The van der Waals surface area contributed by atoms with E-state index in [-0.39, 0.29) is 5.91 Å². The number of carboxylic acid groups (broad SMARTS) is 1. The number of nitrogens with zero attached hydrogens (tertiary/aromatic N) is 1. The molecule has 21 heavy (non-hydrogen) atoms. The zero-order chi connectivity index (χ0) is 15.4. The van der Waals surface area contributed by atoms with E-state index in [0.29, 0.717) is 30.2 Å². The van der Waals surface area contributed by atoms with Gasteiger partial charge in [-0.2, -0.15) is 0 Å². The van der Waals surface area contributed by atoms with E-state index < -0.39 is 16.8 Å². The minimum absolute atomic E-state index is 0.0661. The second kappa shape index (κ2) is 6.67. The Balaban J connectivity index is 2.14. The molecule has 2 rings (SSSR count). The minimum atomic E-state index is -1.00. The fraction of sp³-hybridized carbons (Fsp3) is 0.333. The van der Waals surface area contributed by atoms with E-state index in [4.69, 9.17) is 5.11 Å². The van der Waals surface area contributed by atoms with Gasteiger partial charge in [-0.1, -0.05) is 6.07 Å². The van der Waals surface area contributed by atoms with Gasteiger partial charge >= 0.3 is 5.97 Å². The molecule has 112 valence electrons. The van der Waals surface area contributed by atoms with Gasteiger partial charge in [0.25, 0.3) is 5.91 Å². The third-order valence-corrected chi connectivity index (χ3v) is 4.66. The number of hydrogen-bond donors (Lipinski definition) is 1. The second-order valence-electron chi connectivity index (χ2n) is 4.88. The molecule has 1 saturated heterocycles. The Bertz CT molecular complexity index is 614. The molecule has 5 nitrogen and oxygen atoms in total. The Morgan fingerprint density at radius 3 is 2.52 bits per heavy atom. The topological polar surface area (TPSA) is 74.7 Å². The molecule has 1 heterocycles. The molecule has 1 fully saturated rings. The predicted octanol–water partition coefficient (Wildman–Crippen LogP) is 1.30. The molecule has 0 aliphatic carbocycles. The molecule has 0 saturated carbocycles. The highest BCUT2D eigenvalue weighted by Crippen LogP contribution is 2.15. The number of benzene rings is 1. The number of amides is 1. The summed E-state index contributed by atoms with van der Waals surface area (Å²) < 4.78 is 11.3. The predicted molar refractivity (Wildman–Crippen MR) is 81.6 cm³/mol. The first-order valence-electron chi connectivity index (χ1n) is 6.63. The molecule has 1 amide bonds. The molecule has 1 aromatic carbocycles. The van der Waals surface area contributed by atoms with Gasteiger partial charge in [0.15, 0.2) is 0 Å². The summed E-state index contributed by atoms with van der Waals surface area (Å²) in [5.74, 6) is -0.00617. The number of hydrogen-bond acceptors (Lipinski definition) is 3. The van der Waals surface area contributed by atoms with Crippen molar-refractivity contribution in [1.82, 2.24) is 4.90 Å². The lowest BCUT2D eigenvalue weighted by atomic mass is 10.0. The van der Waals surface area contributed by atoms with Gasteiger partial charge in [-0.15, -0.1) is 0 Å². The van der Waals surface area contributed by atoms with E-state index in [2.05, 4.69) is 0 Å². The van der Waals surface area contributed by atoms with Gasteiger partial charge < -0.3 is 10.0 Å². The number of aryl methyl sites for hydroxylation is 1. The van der Waals surface area contributed by atoms with Crippen LogP contribution in [-0.2, 0) is 15.6 Å². The van der Waals surface area contributed by atoms with Gasteiger partial charge in [-0.05, 0) is 36.3 Å². The summed E-state index contributed by atoms with van der Waals surface area (Å²) in [6, 6.07) is 5.20. The van der Waals surface area contributed by atoms with Crippen LogP contribution in [0.25, 0.3) is 6.08 Å². The third-order valence-electron chi connectivity index (χ3n) is 3.39. The van der Waals surface area contributed by atoms with E-state index in [1.165, 1.54) is 6.08 Å². The molecule has 0 bridgehead atoms. The highest BCUT2D eigenvalue weighted by atomic mass is 32.2. The monoisotopic (exact) mass is 307 g/mol. The largest absolute Gasteiger partial charge is 0.478 e. The van der Waals surface area contributed by atoms with Crippen molar-refractivity contribution in [2.24, 2.45) is 0 Å². The molecule has 1 N–H and O–H groups in total. The van der Waals surface area contributed by atoms with Crippen LogP contribution in [0.15, 0.2) is 24.3 Å². The Labute approximate surface area is 125 Å². The maximum atomic E-state index is 12.4. The summed E-state index contributed by atoms with van der Waals surface area (Å²) in [5.41, 5.74) is 2.19. The Hall–Kier alpha value is -1.95. The van der Waals surface area contributed by atoms with Crippen molar-refractivity contribution in [3.8, 4) is 0 Å². The molecule has 0 spiro atoms. The molecule has 1 aromatic rings. The van der Waals surface area contributed by atoms with E-state index in [9.17, 15) is 13.8 Å². The summed E-state index contributed by atoms with van der Waals surface area (Å²) in [6.45, 7) is 2.87. The van der Waals surface area contributed by atoms with Gasteiger partial charge in [0.2, 0.25) is 0 Å². The van der Waals surface area contributed by atoms with Crippen LogP contribution in [0.2, 0.25) is 0 Å². The standard InChI is InChI=1S/C15H17NO4S/c1-11-10-13(3-2-12(11)4-5-14(17)18)15(19)16-6-8-21(20)9-7-16/h2-5,10H,6-9H2,1H3,(H,17,18)/b5-4+. The minimum Gasteiger partial charge on any atom is -0.478 e. The molecule has 1 aliphatic heterocycles. The molecular formula is C15H17NO4S. The number of aliphatic carboxylic acids is 1. The first-order valence-corrected chi connectivity index (χ1v) is 8.12. The average molecular weight is 307 g/mol. The molecule has 0 unspecified atom stereocenters. The fourth-order valence-corrected chi connectivity index (χ4v) is 3.23. The lowest BCUT2D eigenvalue weighted by Gasteiger charge is -2.26. The summed E-state index contributed by atoms with van der Waals surface area (Å²) in [7, 11) is -0.808. The quantitative estimate of drug-likeness (QED) is 0.854. The van der Waals surface area contributed by atoms with E-state index in [1.807, 2.05) is 6.92 Å². The van der Waals surface area contributed by atoms with E-state index in [0.717, 1.165) is 17.2 Å². The van der Waals surface area contributed by atoms with Gasteiger partial charge in [0, 0.05) is 47.0 Å². The SMILES string of the molecule is Cc1cc(C(=O)N2CCS(=O)CC2)ccc1/C=C/C(=O)O. The number of carbonyl (C=O) groups excluding carboxylic acids is 1. The molecule has 6 heteroatoms. The molecule has 0 aromatic heterocycles. The van der Waals surface area contributed by atoms with E-state index >= 15 is 0 Å². The van der Waals surface area contributed by atoms with Gasteiger partial charge in [0.05, 0.1) is 0 Å². The highest BCUT2D eigenvalue weighted by molar-refractivity contribution is 7.85. The first kappa shape index (κ1) is 15.4. The Kier molecular flexibility index (Phi) is 4.90. The summed E-state index contributed by atoms with van der Waals surface area (Å²) in [6.07, 6.45) is 2.58. The summed E-state index contributed by atoms with van der Waals surface area (Å²) in [5, 5.41) is 8.63. The lowest BCUT2D eigenvalue weighted by Crippen LogP contribution is -2.41. The maximum Gasteiger partial charge on any atom is 0.328 e. The van der Waals surface area contributed by atoms with Crippen molar-refractivity contribution in [2.75, 3.05) is 24.6 Å². The summed E-state index contributed by atoms with van der Waals surface area (Å²) in [4.78, 5) is 24.6. The van der Waals surface area contributed by atoms with Crippen LogP contribution in [0.1, 0.15) is 21.5 Å². The van der Waals surface area contributed by atoms with Crippen molar-refractivity contribution in [3.63, 3.8) is 0 Å². The molecular weight excluding hydrogens is 290 g/mol. The van der Waals surface area contributed by atoms with Crippen LogP contribution in [0.3, 0.4) is 0 Å². The average Bonchev–Trinajstić information content (AvgIpc) is 2.46. The van der Waals surface area contributed by atoms with Crippen LogP contribution in [-0.4, -0.2) is 50.7 Å². The Morgan fingerprint density at radius 1 is 1.29 bits per heavy atom. The smallest absolute Gasteiger partial charge is 0.328 e. The number of carboxylic acids is 1. The lowest BCUT2D eigenvalue weighted by molar-refractivity contribution is -0.131.